The molecular weight excluding hydrogens is 242 g/mol. The molecule has 0 amide bonds. The molecule has 0 bridgehead atoms. The van der Waals surface area contributed by atoms with Gasteiger partial charge in [-0.25, -0.2) is 0 Å². The normalized spacial score (nSPS) is 12.3. The average molecular weight is 267 g/mol. The maximum absolute atomic E-state index is 3.46. The second-order valence-electron chi connectivity index (χ2n) is 5.64. The summed E-state index contributed by atoms with van der Waals surface area (Å²) in [5.74, 6) is 0. The van der Waals surface area contributed by atoms with Gasteiger partial charge in [-0.15, -0.1) is 0 Å². The van der Waals surface area contributed by atoms with Crippen molar-refractivity contribution in [2.45, 2.75) is 39.2 Å². The van der Waals surface area contributed by atoms with Crippen LogP contribution in [0.15, 0.2) is 48.5 Å². The lowest BCUT2D eigenvalue weighted by atomic mass is 9.96. The summed E-state index contributed by atoms with van der Waals surface area (Å²) in [6, 6.07) is 18.1. The molecule has 0 radical (unpaired) electrons. The first-order chi connectivity index (χ1) is 9.69. The fourth-order valence-corrected chi connectivity index (χ4v) is 2.55. The fraction of sp³-hybridized carbons (Fsp3) is 0.368. The topological polar surface area (TPSA) is 12.0 Å². The van der Waals surface area contributed by atoms with Gasteiger partial charge >= 0.3 is 0 Å². The summed E-state index contributed by atoms with van der Waals surface area (Å²) in [4.78, 5) is 0. The molecule has 0 saturated heterocycles. The highest BCUT2D eigenvalue weighted by molar-refractivity contribution is 5.26. The van der Waals surface area contributed by atoms with Crippen molar-refractivity contribution in [2.75, 3.05) is 7.05 Å². The summed E-state index contributed by atoms with van der Waals surface area (Å²) in [5, 5.41) is 3.46. The second-order valence-corrected chi connectivity index (χ2v) is 5.64. The molecule has 2 aromatic carbocycles. The highest BCUT2D eigenvalue weighted by Crippen LogP contribution is 2.13. The van der Waals surface area contributed by atoms with Crippen molar-refractivity contribution in [3.63, 3.8) is 0 Å². The third kappa shape index (κ3) is 4.21. The molecule has 106 valence electrons. The van der Waals surface area contributed by atoms with Crippen LogP contribution in [0.3, 0.4) is 0 Å². The Morgan fingerprint density at radius 1 is 0.950 bits per heavy atom. The smallest absolute Gasteiger partial charge is 0.0108 e. The van der Waals surface area contributed by atoms with E-state index in [1.807, 2.05) is 0 Å². The first kappa shape index (κ1) is 14.8. The van der Waals surface area contributed by atoms with E-state index >= 15 is 0 Å². The van der Waals surface area contributed by atoms with Crippen molar-refractivity contribution in [2.24, 2.45) is 0 Å². The van der Waals surface area contributed by atoms with Crippen molar-refractivity contribution >= 4 is 0 Å². The Kier molecular flexibility index (Phi) is 5.37. The summed E-state index contributed by atoms with van der Waals surface area (Å²) >= 11 is 0. The quantitative estimate of drug-likeness (QED) is 0.832. The predicted molar refractivity (Wildman–Crippen MR) is 87.2 cm³/mol. The van der Waals surface area contributed by atoms with Gasteiger partial charge in [0.05, 0.1) is 0 Å². The van der Waals surface area contributed by atoms with E-state index in [0.717, 1.165) is 12.8 Å². The van der Waals surface area contributed by atoms with Crippen LogP contribution in [0.25, 0.3) is 0 Å². The third-order valence-corrected chi connectivity index (χ3v) is 4.04. The molecule has 1 unspecified atom stereocenters. The number of hydrogen-bond donors (Lipinski definition) is 1. The van der Waals surface area contributed by atoms with E-state index in [1.165, 1.54) is 28.7 Å². The SMILES string of the molecule is CNC(CCc1ccc(C)cc1)Cc1ccccc1C. The maximum atomic E-state index is 3.46. The molecule has 1 atom stereocenters. The molecule has 0 aliphatic heterocycles. The van der Waals surface area contributed by atoms with Gasteiger partial charge in [-0.3, -0.25) is 0 Å². The Hall–Kier alpha value is -1.60. The highest BCUT2D eigenvalue weighted by atomic mass is 14.9. The minimum absolute atomic E-state index is 0.539. The van der Waals surface area contributed by atoms with E-state index in [-0.39, 0.29) is 0 Å². The first-order valence-corrected chi connectivity index (χ1v) is 7.46. The van der Waals surface area contributed by atoms with E-state index in [0.29, 0.717) is 6.04 Å². The van der Waals surface area contributed by atoms with Crippen molar-refractivity contribution in [3.8, 4) is 0 Å². The van der Waals surface area contributed by atoms with Crippen LogP contribution in [0.4, 0.5) is 0 Å². The van der Waals surface area contributed by atoms with Crippen LogP contribution >= 0.6 is 0 Å². The van der Waals surface area contributed by atoms with Gasteiger partial charge in [-0.05, 0) is 56.8 Å². The Balaban J connectivity index is 1.92. The lowest BCUT2D eigenvalue weighted by Crippen LogP contribution is -2.28. The summed E-state index contributed by atoms with van der Waals surface area (Å²) in [6.07, 6.45) is 3.42. The standard InChI is InChI=1S/C19H25N/c1-15-8-10-17(11-9-15)12-13-19(20-3)14-18-7-5-4-6-16(18)2/h4-11,19-20H,12-14H2,1-3H3. The van der Waals surface area contributed by atoms with Crippen LogP contribution in [0.2, 0.25) is 0 Å². The molecule has 0 heterocycles. The molecule has 2 aromatic rings. The van der Waals surface area contributed by atoms with Gasteiger partial charge in [0, 0.05) is 6.04 Å². The fourth-order valence-electron chi connectivity index (χ4n) is 2.55. The monoisotopic (exact) mass is 267 g/mol. The minimum Gasteiger partial charge on any atom is -0.317 e. The van der Waals surface area contributed by atoms with Gasteiger partial charge in [-0.2, -0.15) is 0 Å². The van der Waals surface area contributed by atoms with Crippen molar-refractivity contribution < 1.29 is 0 Å². The average Bonchev–Trinajstić information content (AvgIpc) is 2.47. The van der Waals surface area contributed by atoms with Crippen molar-refractivity contribution in [1.82, 2.24) is 5.32 Å². The molecule has 1 heteroatoms. The van der Waals surface area contributed by atoms with Crippen LogP contribution in [0.5, 0.6) is 0 Å². The van der Waals surface area contributed by atoms with Crippen LogP contribution in [-0.4, -0.2) is 13.1 Å². The van der Waals surface area contributed by atoms with Gasteiger partial charge in [0.1, 0.15) is 0 Å². The predicted octanol–water partition coefficient (Wildman–Crippen LogP) is 4.07. The number of rotatable bonds is 6. The lowest BCUT2D eigenvalue weighted by Gasteiger charge is -2.17. The Morgan fingerprint density at radius 2 is 1.65 bits per heavy atom. The van der Waals surface area contributed by atoms with E-state index in [4.69, 9.17) is 0 Å². The third-order valence-electron chi connectivity index (χ3n) is 4.04. The molecule has 2 rings (SSSR count). The maximum Gasteiger partial charge on any atom is 0.0108 e. The molecule has 0 aliphatic rings. The van der Waals surface area contributed by atoms with Crippen LogP contribution in [0, 0.1) is 13.8 Å². The Morgan fingerprint density at radius 3 is 2.30 bits per heavy atom. The van der Waals surface area contributed by atoms with E-state index in [2.05, 4.69) is 74.7 Å². The lowest BCUT2D eigenvalue weighted by molar-refractivity contribution is 0.519. The molecule has 1 nitrogen and oxygen atoms in total. The number of hydrogen-bond acceptors (Lipinski definition) is 1. The Labute approximate surface area is 123 Å². The molecule has 0 aromatic heterocycles. The minimum atomic E-state index is 0.539. The molecule has 0 spiro atoms. The van der Waals surface area contributed by atoms with Crippen LogP contribution in [0.1, 0.15) is 28.7 Å². The molecule has 0 saturated carbocycles. The van der Waals surface area contributed by atoms with Crippen molar-refractivity contribution in [1.29, 1.82) is 0 Å². The molecule has 0 aliphatic carbocycles. The summed E-state index contributed by atoms with van der Waals surface area (Å²) in [7, 11) is 2.07. The van der Waals surface area contributed by atoms with Crippen LogP contribution < -0.4 is 5.32 Å². The zero-order valence-corrected chi connectivity index (χ0v) is 12.8. The largest absolute Gasteiger partial charge is 0.317 e. The van der Waals surface area contributed by atoms with Crippen LogP contribution in [-0.2, 0) is 12.8 Å². The molecule has 0 fully saturated rings. The molecule has 1 N–H and O–H groups in total. The van der Waals surface area contributed by atoms with Crippen molar-refractivity contribution in [3.05, 3.63) is 70.8 Å². The number of benzene rings is 2. The van der Waals surface area contributed by atoms with Gasteiger partial charge in [0.15, 0.2) is 0 Å². The van der Waals surface area contributed by atoms with E-state index < -0.39 is 0 Å². The van der Waals surface area contributed by atoms with Gasteiger partial charge in [-0.1, -0.05) is 54.1 Å². The van der Waals surface area contributed by atoms with Gasteiger partial charge in [0.25, 0.3) is 0 Å². The zero-order valence-electron chi connectivity index (χ0n) is 12.8. The van der Waals surface area contributed by atoms with Gasteiger partial charge < -0.3 is 5.32 Å². The Bertz CT molecular complexity index is 528. The summed E-state index contributed by atoms with van der Waals surface area (Å²) in [5.41, 5.74) is 5.61. The number of likely N-dealkylation sites (N-methyl/N-ethyl adjacent to an activating group) is 1. The highest BCUT2D eigenvalue weighted by Gasteiger charge is 2.09. The number of nitrogens with one attached hydrogen (secondary N) is 1. The van der Waals surface area contributed by atoms with Gasteiger partial charge in [0.2, 0.25) is 0 Å². The zero-order chi connectivity index (χ0) is 14.4. The molecular formula is C19H25N. The second kappa shape index (κ2) is 7.25. The molecule has 20 heavy (non-hydrogen) atoms. The van der Waals surface area contributed by atoms with E-state index in [9.17, 15) is 0 Å². The first-order valence-electron chi connectivity index (χ1n) is 7.46. The summed E-state index contributed by atoms with van der Waals surface area (Å²) < 4.78 is 0. The summed E-state index contributed by atoms with van der Waals surface area (Å²) in [6.45, 7) is 4.33. The number of aryl methyl sites for hydroxylation is 3. The van der Waals surface area contributed by atoms with E-state index in [1.54, 1.807) is 0 Å².